The summed E-state index contributed by atoms with van der Waals surface area (Å²) in [6.45, 7) is 0. The lowest BCUT2D eigenvalue weighted by atomic mass is 10.3. The van der Waals surface area contributed by atoms with Crippen LogP contribution in [0.1, 0.15) is 0 Å². The second kappa shape index (κ2) is 5.22. The fourth-order valence-corrected chi connectivity index (χ4v) is 2.34. The van der Waals surface area contributed by atoms with Crippen molar-refractivity contribution >= 4 is 33.4 Å². The van der Waals surface area contributed by atoms with Crippen molar-refractivity contribution in [1.82, 2.24) is 0 Å². The minimum absolute atomic E-state index is 0.360. The predicted octanol–water partition coefficient (Wildman–Crippen LogP) is 1.23. The van der Waals surface area contributed by atoms with Gasteiger partial charge in [-0.3, -0.25) is 9.52 Å². The number of carbonyl (C=O) groups is 1. The number of carboxylic acid groups (broad SMARTS) is 1. The molecule has 0 spiro atoms. The minimum Gasteiger partial charge on any atom is -0.480 e. The number of carboxylic acids is 1. The van der Waals surface area contributed by atoms with E-state index in [1.54, 1.807) is 24.3 Å². The molecular formula is C9H11NO4S2. The van der Waals surface area contributed by atoms with Crippen LogP contribution in [0.3, 0.4) is 0 Å². The fourth-order valence-electron chi connectivity index (χ4n) is 1.04. The highest BCUT2D eigenvalue weighted by Crippen LogP contribution is 2.18. The molecule has 0 saturated carbocycles. The van der Waals surface area contributed by atoms with E-state index in [1.165, 1.54) is 11.8 Å². The average Bonchev–Trinajstić information content (AvgIpc) is 2.16. The first-order valence-electron chi connectivity index (χ1n) is 4.29. The van der Waals surface area contributed by atoms with Crippen molar-refractivity contribution in [3.8, 4) is 0 Å². The van der Waals surface area contributed by atoms with Crippen LogP contribution in [0.25, 0.3) is 0 Å². The Morgan fingerprint density at radius 1 is 1.38 bits per heavy atom. The van der Waals surface area contributed by atoms with Crippen LogP contribution in [0.5, 0.6) is 0 Å². The van der Waals surface area contributed by atoms with Crippen molar-refractivity contribution in [2.24, 2.45) is 0 Å². The lowest BCUT2D eigenvalue weighted by molar-refractivity contribution is -0.134. The van der Waals surface area contributed by atoms with Crippen LogP contribution in [0.15, 0.2) is 29.2 Å². The third kappa shape index (κ3) is 4.11. The number of sulfonamides is 1. The van der Waals surface area contributed by atoms with Crippen molar-refractivity contribution in [2.45, 2.75) is 4.90 Å². The van der Waals surface area contributed by atoms with Gasteiger partial charge in [0.2, 0.25) is 10.0 Å². The number of thioether (sulfide) groups is 1. The van der Waals surface area contributed by atoms with Gasteiger partial charge in [-0.25, -0.2) is 8.42 Å². The van der Waals surface area contributed by atoms with Crippen molar-refractivity contribution in [2.75, 3.05) is 16.7 Å². The molecule has 1 aromatic rings. The van der Waals surface area contributed by atoms with E-state index in [0.717, 1.165) is 4.90 Å². The second-order valence-electron chi connectivity index (χ2n) is 2.98. The molecule has 0 radical (unpaired) electrons. The Kier molecular flexibility index (Phi) is 4.19. The van der Waals surface area contributed by atoms with E-state index < -0.39 is 21.7 Å². The largest absolute Gasteiger partial charge is 0.480 e. The third-order valence-corrected chi connectivity index (χ3v) is 3.59. The summed E-state index contributed by atoms with van der Waals surface area (Å²) in [5.74, 6) is -2.31. The molecule has 0 unspecified atom stereocenters. The summed E-state index contributed by atoms with van der Waals surface area (Å²) in [6.07, 6.45) is 1.91. The normalized spacial score (nSPS) is 11.1. The topological polar surface area (TPSA) is 83.5 Å². The van der Waals surface area contributed by atoms with Crippen molar-refractivity contribution in [3.63, 3.8) is 0 Å². The fraction of sp³-hybridized carbons (Fsp3) is 0.222. The highest BCUT2D eigenvalue weighted by Gasteiger charge is 2.15. The van der Waals surface area contributed by atoms with Gasteiger partial charge in [-0.15, -0.1) is 11.8 Å². The van der Waals surface area contributed by atoms with E-state index in [9.17, 15) is 13.2 Å². The summed E-state index contributed by atoms with van der Waals surface area (Å²) < 4.78 is 24.7. The van der Waals surface area contributed by atoms with Crippen LogP contribution in [0, 0.1) is 0 Å². The molecule has 0 aromatic heterocycles. The Balaban J connectivity index is 2.76. The van der Waals surface area contributed by atoms with Crippen LogP contribution in [0.2, 0.25) is 0 Å². The number of hydrogen-bond donors (Lipinski definition) is 2. The van der Waals surface area contributed by atoms with Crippen LogP contribution in [0.4, 0.5) is 5.69 Å². The number of nitrogens with one attached hydrogen (secondary N) is 1. The molecule has 16 heavy (non-hydrogen) atoms. The molecule has 1 aromatic carbocycles. The maximum absolute atomic E-state index is 11.3. The van der Waals surface area contributed by atoms with E-state index in [2.05, 4.69) is 4.72 Å². The molecule has 0 atom stereocenters. The predicted molar refractivity (Wildman–Crippen MR) is 63.3 cm³/mol. The highest BCUT2D eigenvalue weighted by atomic mass is 32.2. The highest BCUT2D eigenvalue weighted by molar-refractivity contribution is 7.98. The van der Waals surface area contributed by atoms with Gasteiger partial charge in [0.05, 0.1) is 0 Å². The van der Waals surface area contributed by atoms with Gasteiger partial charge < -0.3 is 5.11 Å². The van der Waals surface area contributed by atoms with E-state index in [0.29, 0.717) is 5.69 Å². The summed E-state index contributed by atoms with van der Waals surface area (Å²) in [6, 6.07) is 6.68. The molecular weight excluding hydrogens is 250 g/mol. The molecule has 0 aliphatic carbocycles. The van der Waals surface area contributed by atoms with Gasteiger partial charge in [-0.05, 0) is 30.5 Å². The quantitative estimate of drug-likeness (QED) is 0.779. The average molecular weight is 261 g/mol. The Morgan fingerprint density at radius 2 is 1.94 bits per heavy atom. The van der Waals surface area contributed by atoms with Crippen LogP contribution < -0.4 is 4.72 Å². The SMILES string of the molecule is CSc1ccc(NS(=O)(=O)CC(=O)O)cc1. The summed E-state index contributed by atoms with van der Waals surface area (Å²) in [4.78, 5) is 11.3. The van der Waals surface area contributed by atoms with Crippen molar-refractivity contribution < 1.29 is 18.3 Å². The standard InChI is InChI=1S/C9H11NO4S2/c1-15-8-4-2-7(3-5-8)10-16(13,14)6-9(11)12/h2-5,10H,6H2,1H3,(H,11,12). The summed E-state index contributed by atoms with van der Waals surface area (Å²) >= 11 is 1.53. The Morgan fingerprint density at radius 3 is 2.38 bits per heavy atom. The molecule has 0 aliphatic rings. The van der Waals surface area contributed by atoms with Gasteiger partial charge in [0.25, 0.3) is 0 Å². The molecule has 0 aliphatic heterocycles. The number of rotatable bonds is 5. The first-order chi connectivity index (χ1) is 7.43. The zero-order valence-corrected chi connectivity index (χ0v) is 10.1. The molecule has 0 saturated heterocycles. The molecule has 2 N–H and O–H groups in total. The van der Waals surface area contributed by atoms with Crippen molar-refractivity contribution in [3.05, 3.63) is 24.3 Å². The molecule has 0 heterocycles. The second-order valence-corrected chi connectivity index (χ2v) is 5.59. The molecule has 0 fully saturated rings. The molecule has 0 bridgehead atoms. The summed E-state index contributed by atoms with van der Waals surface area (Å²) in [5.41, 5.74) is 0.360. The molecule has 7 heteroatoms. The molecule has 88 valence electrons. The maximum Gasteiger partial charge on any atom is 0.320 e. The molecule has 5 nitrogen and oxygen atoms in total. The van der Waals surface area contributed by atoms with Crippen LogP contribution >= 0.6 is 11.8 Å². The van der Waals surface area contributed by atoms with Gasteiger partial charge in [0, 0.05) is 10.6 Å². The van der Waals surface area contributed by atoms with E-state index in [4.69, 9.17) is 5.11 Å². The maximum atomic E-state index is 11.3. The van der Waals surface area contributed by atoms with E-state index >= 15 is 0 Å². The van der Waals surface area contributed by atoms with Crippen molar-refractivity contribution in [1.29, 1.82) is 0 Å². The third-order valence-electron chi connectivity index (χ3n) is 1.68. The minimum atomic E-state index is -3.81. The van der Waals surface area contributed by atoms with Gasteiger partial charge >= 0.3 is 5.97 Å². The zero-order valence-electron chi connectivity index (χ0n) is 8.50. The zero-order chi connectivity index (χ0) is 12.2. The van der Waals surface area contributed by atoms with Gasteiger partial charge in [-0.1, -0.05) is 0 Å². The number of anilines is 1. The Bertz CT molecular complexity index is 467. The first-order valence-corrected chi connectivity index (χ1v) is 7.17. The Labute approximate surface area is 97.9 Å². The smallest absolute Gasteiger partial charge is 0.320 e. The van der Waals surface area contributed by atoms with E-state index in [1.807, 2.05) is 6.26 Å². The van der Waals surface area contributed by atoms with Gasteiger partial charge in [0.15, 0.2) is 5.75 Å². The lowest BCUT2D eigenvalue weighted by Crippen LogP contribution is -2.22. The van der Waals surface area contributed by atoms with Gasteiger partial charge in [-0.2, -0.15) is 0 Å². The number of aliphatic carboxylic acids is 1. The number of benzene rings is 1. The van der Waals surface area contributed by atoms with Crippen LogP contribution in [-0.4, -0.2) is 31.5 Å². The first kappa shape index (κ1) is 12.9. The summed E-state index contributed by atoms with van der Waals surface area (Å²) in [5, 5.41) is 8.39. The lowest BCUT2D eigenvalue weighted by Gasteiger charge is -2.06. The van der Waals surface area contributed by atoms with E-state index in [-0.39, 0.29) is 0 Å². The van der Waals surface area contributed by atoms with Crippen LogP contribution in [-0.2, 0) is 14.8 Å². The van der Waals surface area contributed by atoms with Gasteiger partial charge in [0.1, 0.15) is 0 Å². The monoisotopic (exact) mass is 261 g/mol. The molecule has 0 amide bonds. The Hall–Kier alpha value is -1.21. The summed E-state index contributed by atoms with van der Waals surface area (Å²) in [7, 11) is -3.81. The number of hydrogen-bond acceptors (Lipinski definition) is 4. The molecule has 1 rings (SSSR count).